The van der Waals surface area contributed by atoms with Crippen molar-refractivity contribution in [1.82, 2.24) is 0 Å². The molecule has 0 radical (unpaired) electrons. The van der Waals surface area contributed by atoms with E-state index in [1.165, 1.54) is 0 Å². The first-order valence-electron chi connectivity index (χ1n) is 24.4. The molecule has 8 nitrogen and oxygen atoms in total. The molecule has 0 saturated carbocycles. The highest BCUT2D eigenvalue weighted by Gasteiger charge is 2.48. The Bertz CT molecular complexity index is 3940. The smallest absolute Gasteiger partial charge is 0.155 e. The number of ether oxygens (including phenoxy) is 2. The summed E-state index contributed by atoms with van der Waals surface area (Å²) in [7, 11) is 0. The summed E-state index contributed by atoms with van der Waals surface area (Å²) in [6, 6.07) is 62.7. The van der Waals surface area contributed by atoms with Crippen molar-refractivity contribution in [3.63, 3.8) is 0 Å². The van der Waals surface area contributed by atoms with Crippen LogP contribution < -0.4 is 19.3 Å². The summed E-state index contributed by atoms with van der Waals surface area (Å²) < 4.78 is 26.9. The van der Waals surface area contributed by atoms with Gasteiger partial charge in [-0.3, -0.25) is 0 Å². The molecule has 0 atom stereocenters. The molecule has 0 N–H and O–H groups in total. The first kappa shape index (κ1) is 41.7. The Kier molecular flexibility index (Phi) is 8.76. The van der Waals surface area contributed by atoms with Gasteiger partial charge >= 0.3 is 0 Å². The van der Waals surface area contributed by atoms with Crippen LogP contribution in [-0.2, 0) is 10.8 Å². The van der Waals surface area contributed by atoms with Crippen LogP contribution in [0.2, 0.25) is 0 Å². The number of anilines is 6. The van der Waals surface area contributed by atoms with Gasteiger partial charge in [-0.25, -0.2) is 0 Å². The lowest BCUT2D eigenvalue weighted by atomic mass is 9.60. The predicted molar refractivity (Wildman–Crippen MR) is 286 cm³/mol. The van der Waals surface area contributed by atoms with Gasteiger partial charge < -0.3 is 28.1 Å². The third kappa shape index (κ3) is 6.03. The van der Waals surface area contributed by atoms with E-state index in [2.05, 4.69) is 135 Å². The zero-order chi connectivity index (χ0) is 48.6. The summed E-state index contributed by atoms with van der Waals surface area (Å²) in [5, 5.41) is 27.8. The molecule has 1 aliphatic carbocycles. The Morgan fingerprint density at radius 3 is 1.19 bits per heavy atom. The molecule has 0 unspecified atom stereocenters. The minimum absolute atomic E-state index is 0.269. The van der Waals surface area contributed by atoms with Gasteiger partial charge in [0.05, 0.1) is 45.3 Å². The van der Waals surface area contributed by atoms with Crippen LogP contribution in [0, 0.1) is 22.7 Å². The van der Waals surface area contributed by atoms with Gasteiger partial charge in [0.25, 0.3) is 0 Å². The fourth-order valence-electron chi connectivity index (χ4n) is 11.7. The second-order valence-corrected chi connectivity index (χ2v) is 20.5. The third-order valence-electron chi connectivity index (χ3n) is 15.3. The molecule has 344 valence electrons. The summed E-state index contributed by atoms with van der Waals surface area (Å²) in [5.41, 5.74) is 12.9. The lowest BCUT2D eigenvalue weighted by Gasteiger charge is -2.48. The molecule has 0 spiro atoms. The largest absolute Gasteiger partial charge is 0.456 e. The van der Waals surface area contributed by atoms with Crippen LogP contribution in [-0.4, -0.2) is 0 Å². The molecule has 72 heavy (non-hydrogen) atoms. The van der Waals surface area contributed by atoms with Gasteiger partial charge in [-0.05, 0) is 106 Å². The molecule has 2 aromatic heterocycles. The molecule has 0 amide bonds. The second-order valence-electron chi connectivity index (χ2n) is 20.5. The van der Waals surface area contributed by atoms with Crippen molar-refractivity contribution in [3.8, 4) is 57.4 Å². The zero-order valence-corrected chi connectivity index (χ0v) is 40.0. The molecular formula is C64H44N4O4. The molecule has 0 fully saturated rings. The van der Waals surface area contributed by atoms with Crippen LogP contribution in [0.3, 0.4) is 0 Å². The fraction of sp³-hybridized carbons (Fsp3) is 0.125. The number of rotatable bonds is 4. The number of furan rings is 2. The normalized spacial score (nSPS) is 14.9. The second kappa shape index (κ2) is 15.1. The molecule has 14 rings (SSSR count). The van der Waals surface area contributed by atoms with Crippen LogP contribution >= 0.6 is 0 Å². The SMILES string of the molecule is CC1(C)CCC(C)(C)c2c(N3c4ccc(-c5ccccc5)cc4Oc4cc5oc6ccccc6c5cc43)c(C#N)c(C#N)c(N3c4ccc(-c5ccccc5)cc4Oc4cc5oc6ccccc6c5cc43)c21. The van der Waals surface area contributed by atoms with Crippen molar-refractivity contribution >= 4 is 78.0 Å². The van der Waals surface area contributed by atoms with Crippen molar-refractivity contribution in [2.45, 2.75) is 51.4 Å². The van der Waals surface area contributed by atoms with Crippen LogP contribution in [0.1, 0.15) is 62.8 Å². The van der Waals surface area contributed by atoms with Crippen molar-refractivity contribution in [2.24, 2.45) is 0 Å². The molecule has 2 aliphatic heterocycles. The molecule has 9 aromatic carbocycles. The van der Waals surface area contributed by atoms with E-state index in [9.17, 15) is 10.5 Å². The Balaban J connectivity index is 1.10. The Labute approximate surface area is 415 Å². The van der Waals surface area contributed by atoms with Crippen LogP contribution in [0.4, 0.5) is 34.1 Å². The van der Waals surface area contributed by atoms with Crippen LogP contribution in [0.15, 0.2) is 179 Å². The van der Waals surface area contributed by atoms with Crippen molar-refractivity contribution in [1.29, 1.82) is 10.5 Å². The Hall–Kier alpha value is -9.24. The van der Waals surface area contributed by atoms with Crippen molar-refractivity contribution in [3.05, 3.63) is 192 Å². The third-order valence-corrected chi connectivity index (χ3v) is 15.3. The number of benzene rings is 9. The highest BCUT2D eigenvalue weighted by atomic mass is 16.5. The molecule has 4 heterocycles. The van der Waals surface area contributed by atoms with Crippen molar-refractivity contribution in [2.75, 3.05) is 9.80 Å². The van der Waals surface area contributed by atoms with E-state index in [0.29, 0.717) is 45.5 Å². The van der Waals surface area contributed by atoms with Crippen LogP contribution in [0.25, 0.3) is 66.1 Å². The van der Waals surface area contributed by atoms with E-state index in [4.69, 9.17) is 18.3 Å². The first-order valence-corrected chi connectivity index (χ1v) is 24.4. The maximum atomic E-state index is 12.0. The van der Waals surface area contributed by atoms with E-state index in [1.54, 1.807) is 0 Å². The van der Waals surface area contributed by atoms with E-state index in [1.807, 2.05) is 84.9 Å². The predicted octanol–water partition coefficient (Wildman–Crippen LogP) is 18.1. The molecular weight excluding hydrogens is 889 g/mol. The van der Waals surface area contributed by atoms with E-state index < -0.39 is 10.8 Å². The molecule has 3 aliphatic rings. The molecule has 11 aromatic rings. The highest BCUT2D eigenvalue weighted by molar-refractivity contribution is 6.11. The fourth-order valence-corrected chi connectivity index (χ4v) is 11.7. The average molecular weight is 933 g/mol. The summed E-state index contributed by atoms with van der Waals surface area (Å²) in [5.74, 6) is 2.39. The van der Waals surface area contributed by atoms with Gasteiger partial charge in [0.15, 0.2) is 23.0 Å². The summed E-state index contributed by atoms with van der Waals surface area (Å²) in [4.78, 5) is 4.40. The minimum atomic E-state index is -0.497. The summed E-state index contributed by atoms with van der Waals surface area (Å²) >= 11 is 0. The average Bonchev–Trinajstić information content (AvgIpc) is 3.96. The van der Waals surface area contributed by atoms with Gasteiger partial charge in [-0.2, -0.15) is 10.5 Å². The number of fused-ring (bicyclic) bond motifs is 11. The number of para-hydroxylation sites is 2. The van der Waals surface area contributed by atoms with Crippen molar-refractivity contribution < 1.29 is 18.3 Å². The maximum absolute atomic E-state index is 12.0. The van der Waals surface area contributed by atoms with Gasteiger partial charge in [-0.1, -0.05) is 137 Å². The number of nitrogens with zero attached hydrogens (tertiary/aromatic N) is 4. The van der Waals surface area contributed by atoms with Gasteiger partial charge in [0.2, 0.25) is 0 Å². The number of hydrogen-bond acceptors (Lipinski definition) is 8. The van der Waals surface area contributed by atoms with E-state index >= 15 is 0 Å². The monoisotopic (exact) mass is 932 g/mol. The lowest BCUT2D eigenvalue weighted by molar-refractivity contribution is 0.333. The quantitative estimate of drug-likeness (QED) is 0.172. The molecule has 8 heteroatoms. The van der Waals surface area contributed by atoms with E-state index in [-0.39, 0.29) is 11.1 Å². The maximum Gasteiger partial charge on any atom is 0.155 e. The van der Waals surface area contributed by atoms with E-state index in [0.717, 1.165) is 102 Å². The molecule has 0 bridgehead atoms. The lowest BCUT2D eigenvalue weighted by Crippen LogP contribution is -2.38. The summed E-state index contributed by atoms with van der Waals surface area (Å²) in [6.07, 6.45) is 1.66. The standard InChI is InChI=1S/C64H44N4O4/c1-63(2)27-28-64(3,4)60-59(63)61(67-47-25-23-39(37-15-7-5-8-16-37)29-55(47)71-57-33-53-43(31-49(57)67)41-19-11-13-21-51(41)69-53)45(35-65)46(36-66)62(60)68-48-26-24-40(38-17-9-6-10-18-38)30-56(48)72-58-34-54-44(32-50(58)68)42-20-12-14-22-52(42)70-54/h5-26,29-34H,27-28H2,1-4H3. The summed E-state index contributed by atoms with van der Waals surface area (Å²) in [6.45, 7) is 9.13. The highest BCUT2D eigenvalue weighted by Crippen LogP contribution is 2.64. The Morgan fingerprint density at radius 2 is 0.778 bits per heavy atom. The Morgan fingerprint density at radius 1 is 0.389 bits per heavy atom. The first-order chi connectivity index (χ1) is 35.1. The molecule has 0 saturated heterocycles. The topological polar surface area (TPSA) is 98.8 Å². The number of nitriles is 2. The van der Waals surface area contributed by atoms with Gasteiger partial charge in [0.1, 0.15) is 34.5 Å². The van der Waals surface area contributed by atoms with Gasteiger partial charge in [-0.15, -0.1) is 0 Å². The van der Waals surface area contributed by atoms with Gasteiger partial charge in [0, 0.05) is 33.7 Å². The zero-order valence-electron chi connectivity index (χ0n) is 40.0. The van der Waals surface area contributed by atoms with Crippen LogP contribution in [0.5, 0.6) is 23.0 Å². The number of hydrogen-bond donors (Lipinski definition) is 0. The minimum Gasteiger partial charge on any atom is -0.456 e.